The minimum atomic E-state index is -0.240. The van der Waals surface area contributed by atoms with Crippen molar-refractivity contribution in [1.29, 1.82) is 0 Å². The van der Waals surface area contributed by atoms with Gasteiger partial charge in [0.15, 0.2) is 5.72 Å². The van der Waals surface area contributed by atoms with Gasteiger partial charge in [-0.1, -0.05) is 19.1 Å². The lowest BCUT2D eigenvalue weighted by molar-refractivity contribution is -0.139. The molecule has 2 aliphatic heterocycles. The van der Waals surface area contributed by atoms with Crippen molar-refractivity contribution in [2.24, 2.45) is 5.92 Å². The molecule has 3 aliphatic rings. The van der Waals surface area contributed by atoms with E-state index in [0.717, 1.165) is 35.2 Å². The minimum absolute atomic E-state index is 0.240. The zero-order valence-electron chi connectivity index (χ0n) is 14.9. The molecular formula is C21H23N3O2. The fourth-order valence-corrected chi connectivity index (χ4v) is 4.56. The molecule has 0 radical (unpaired) electrons. The van der Waals surface area contributed by atoms with Gasteiger partial charge in [-0.05, 0) is 43.0 Å². The molecule has 2 aromatic heterocycles. The SMILES string of the molecule is CCC1CCC2CC1(Oc1cc(-c3ccc(O)cc3)cn3cncc13)N2. The second-order valence-electron chi connectivity index (χ2n) is 7.55. The van der Waals surface area contributed by atoms with Crippen molar-refractivity contribution >= 4 is 5.52 Å². The third-order valence-corrected chi connectivity index (χ3v) is 5.99. The summed E-state index contributed by atoms with van der Waals surface area (Å²) in [5.74, 6) is 1.66. The van der Waals surface area contributed by atoms with Gasteiger partial charge in [0, 0.05) is 30.1 Å². The summed E-state index contributed by atoms with van der Waals surface area (Å²) in [6.07, 6.45) is 10.4. The van der Waals surface area contributed by atoms with E-state index < -0.39 is 0 Å². The number of nitrogens with one attached hydrogen (secondary N) is 1. The number of ether oxygens (including phenoxy) is 1. The summed E-state index contributed by atoms with van der Waals surface area (Å²) in [5, 5.41) is 13.2. The van der Waals surface area contributed by atoms with Crippen LogP contribution in [0.2, 0.25) is 0 Å². The van der Waals surface area contributed by atoms with Gasteiger partial charge in [0.25, 0.3) is 0 Å². The maximum absolute atomic E-state index is 9.56. The summed E-state index contributed by atoms with van der Waals surface area (Å²) in [7, 11) is 0. The second kappa shape index (κ2) is 5.74. The third-order valence-electron chi connectivity index (χ3n) is 5.99. The summed E-state index contributed by atoms with van der Waals surface area (Å²) >= 11 is 0. The molecule has 3 fully saturated rings. The molecule has 1 saturated carbocycles. The summed E-state index contributed by atoms with van der Waals surface area (Å²) in [4.78, 5) is 4.30. The van der Waals surface area contributed by atoms with Crippen LogP contribution in [0.3, 0.4) is 0 Å². The normalized spacial score (nSPS) is 27.3. The number of aromatic nitrogens is 2. The molecule has 5 nitrogen and oxygen atoms in total. The maximum atomic E-state index is 9.56. The van der Waals surface area contributed by atoms with Crippen molar-refractivity contribution in [2.75, 3.05) is 0 Å². The van der Waals surface area contributed by atoms with Crippen LogP contribution in [0.1, 0.15) is 32.6 Å². The summed E-state index contributed by atoms with van der Waals surface area (Å²) < 4.78 is 8.66. The van der Waals surface area contributed by atoms with Crippen molar-refractivity contribution in [2.45, 2.75) is 44.4 Å². The number of piperidine rings is 1. The number of hydrogen-bond acceptors (Lipinski definition) is 4. The Morgan fingerprint density at radius 2 is 2.08 bits per heavy atom. The first-order chi connectivity index (χ1) is 12.7. The Kier molecular flexibility index (Phi) is 3.47. The predicted octanol–water partition coefficient (Wildman–Crippen LogP) is 3.96. The number of aromatic hydroxyl groups is 1. The molecule has 3 aromatic rings. The molecule has 2 bridgehead atoms. The van der Waals surface area contributed by atoms with E-state index in [9.17, 15) is 5.11 Å². The maximum Gasteiger partial charge on any atom is 0.165 e. The van der Waals surface area contributed by atoms with Gasteiger partial charge in [0.2, 0.25) is 0 Å². The van der Waals surface area contributed by atoms with Crippen LogP contribution in [0, 0.1) is 5.92 Å². The molecule has 6 rings (SSSR count). The number of hydrogen-bond donors (Lipinski definition) is 2. The number of nitrogens with zero attached hydrogens (tertiary/aromatic N) is 2. The van der Waals surface area contributed by atoms with Crippen molar-refractivity contribution in [3.63, 3.8) is 0 Å². The van der Waals surface area contributed by atoms with Crippen LogP contribution in [-0.4, -0.2) is 26.3 Å². The van der Waals surface area contributed by atoms with Gasteiger partial charge in [0.05, 0.1) is 12.5 Å². The largest absolute Gasteiger partial charge is 0.508 e. The smallest absolute Gasteiger partial charge is 0.165 e. The Morgan fingerprint density at radius 1 is 1.27 bits per heavy atom. The lowest BCUT2D eigenvalue weighted by atomic mass is 9.70. The zero-order chi connectivity index (χ0) is 17.7. The van der Waals surface area contributed by atoms with E-state index in [0.29, 0.717) is 12.0 Å². The topological polar surface area (TPSA) is 58.8 Å². The molecule has 3 unspecified atom stereocenters. The van der Waals surface area contributed by atoms with E-state index in [1.807, 2.05) is 22.7 Å². The number of fused-ring (bicyclic) bond motifs is 3. The number of imidazole rings is 1. The van der Waals surface area contributed by atoms with Gasteiger partial charge < -0.3 is 14.2 Å². The highest BCUT2D eigenvalue weighted by atomic mass is 16.5. The monoisotopic (exact) mass is 349 g/mol. The van der Waals surface area contributed by atoms with Gasteiger partial charge in [-0.15, -0.1) is 0 Å². The van der Waals surface area contributed by atoms with Crippen LogP contribution in [0.15, 0.2) is 49.1 Å². The molecule has 1 aliphatic carbocycles. The second-order valence-corrected chi connectivity index (χ2v) is 7.55. The number of rotatable bonds is 4. The summed E-state index contributed by atoms with van der Waals surface area (Å²) in [6, 6.07) is 9.94. The van der Waals surface area contributed by atoms with Gasteiger partial charge in [-0.3, -0.25) is 5.32 Å². The summed E-state index contributed by atoms with van der Waals surface area (Å²) in [6.45, 7) is 2.25. The minimum Gasteiger partial charge on any atom is -0.508 e. The van der Waals surface area contributed by atoms with E-state index in [2.05, 4.69) is 29.5 Å². The molecule has 134 valence electrons. The molecule has 3 atom stereocenters. The highest BCUT2D eigenvalue weighted by molar-refractivity contribution is 5.71. The quantitative estimate of drug-likeness (QED) is 0.748. The van der Waals surface area contributed by atoms with Crippen molar-refractivity contribution in [3.8, 4) is 22.6 Å². The Hall–Kier alpha value is -2.53. The van der Waals surface area contributed by atoms with E-state index in [4.69, 9.17) is 4.74 Å². The van der Waals surface area contributed by atoms with Crippen LogP contribution >= 0.6 is 0 Å². The molecule has 0 amide bonds. The van der Waals surface area contributed by atoms with E-state index >= 15 is 0 Å². The Bertz CT molecular complexity index is 942. The molecule has 5 heteroatoms. The first-order valence-corrected chi connectivity index (χ1v) is 9.39. The molecule has 2 N–H and O–H groups in total. The molecule has 2 saturated heterocycles. The lowest BCUT2D eigenvalue weighted by Gasteiger charge is -2.57. The first kappa shape index (κ1) is 15.7. The fourth-order valence-electron chi connectivity index (χ4n) is 4.56. The first-order valence-electron chi connectivity index (χ1n) is 9.39. The average Bonchev–Trinajstić information content (AvgIpc) is 3.10. The molecule has 4 heterocycles. The van der Waals surface area contributed by atoms with Crippen molar-refractivity contribution in [3.05, 3.63) is 49.1 Å². The van der Waals surface area contributed by atoms with Gasteiger partial charge in [-0.25, -0.2) is 4.98 Å². The van der Waals surface area contributed by atoms with E-state index in [-0.39, 0.29) is 11.5 Å². The van der Waals surface area contributed by atoms with Crippen LogP contribution in [0.5, 0.6) is 11.5 Å². The molecular weight excluding hydrogens is 326 g/mol. The fraction of sp³-hybridized carbons (Fsp3) is 0.381. The van der Waals surface area contributed by atoms with Gasteiger partial charge >= 0.3 is 0 Å². The van der Waals surface area contributed by atoms with Crippen molar-refractivity contribution in [1.82, 2.24) is 14.7 Å². The zero-order valence-corrected chi connectivity index (χ0v) is 14.9. The Morgan fingerprint density at radius 3 is 2.85 bits per heavy atom. The average molecular weight is 349 g/mol. The van der Waals surface area contributed by atoms with Crippen LogP contribution in [0.4, 0.5) is 0 Å². The van der Waals surface area contributed by atoms with Crippen LogP contribution in [0.25, 0.3) is 16.6 Å². The summed E-state index contributed by atoms with van der Waals surface area (Å²) in [5.41, 5.74) is 2.82. The van der Waals surface area contributed by atoms with Crippen LogP contribution < -0.4 is 10.1 Å². The number of pyridine rings is 1. The van der Waals surface area contributed by atoms with Gasteiger partial charge in [0.1, 0.15) is 17.0 Å². The Labute approximate surface area is 152 Å². The molecule has 1 aromatic carbocycles. The highest BCUT2D eigenvalue weighted by Gasteiger charge is 2.54. The number of phenolic OH excluding ortho intramolecular Hbond substituents is 1. The highest BCUT2D eigenvalue weighted by Crippen LogP contribution is 2.46. The van der Waals surface area contributed by atoms with Crippen LogP contribution in [-0.2, 0) is 0 Å². The number of phenols is 1. The van der Waals surface area contributed by atoms with Gasteiger partial charge in [-0.2, -0.15) is 0 Å². The van der Waals surface area contributed by atoms with E-state index in [1.165, 1.54) is 12.8 Å². The predicted molar refractivity (Wildman–Crippen MR) is 100 cm³/mol. The third kappa shape index (κ3) is 2.38. The van der Waals surface area contributed by atoms with Crippen molar-refractivity contribution < 1.29 is 9.84 Å². The molecule has 26 heavy (non-hydrogen) atoms. The standard InChI is InChI=1S/C21H23N3O2/c1-2-16-5-6-17-10-21(16,23-17)26-20-9-15(12-24-13-22-11-19(20)24)14-3-7-18(25)8-4-14/h3-4,7-9,11-13,16-17,23,25H,2,5-6,10H2,1H3. The lowest BCUT2D eigenvalue weighted by Crippen LogP contribution is -2.73. The number of benzene rings is 1. The Balaban J connectivity index is 1.56. The van der Waals surface area contributed by atoms with E-state index in [1.54, 1.807) is 18.5 Å². The molecule has 0 spiro atoms.